The Hall–Kier alpha value is -2.53. The maximum absolute atomic E-state index is 13.4. The number of imidazole rings is 1. The summed E-state index contributed by atoms with van der Waals surface area (Å²) in [6.45, 7) is 0. The Labute approximate surface area is 152 Å². The van der Waals surface area contributed by atoms with Gasteiger partial charge >= 0.3 is 0 Å². The normalized spacial score (nSPS) is 16.5. The molecule has 1 fully saturated rings. The van der Waals surface area contributed by atoms with E-state index in [0.29, 0.717) is 0 Å². The van der Waals surface area contributed by atoms with Crippen LogP contribution in [0.15, 0.2) is 48.8 Å². The lowest BCUT2D eigenvalue weighted by atomic mass is 9.81. The highest BCUT2D eigenvalue weighted by Gasteiger charge is 2.36. The number of halogens is 1. The Bertz CT molecular complexity index is 865. The lowest BCUT2D eigenvalue weighted by Crippen LogP contribution is -2.42. The van der Waals surface area contributed by atoms with Gasteiger partial charge in [0.15, 0.2) is 0 Å². The second kappa shape index (κ2) is 7.00. The van der Waals surface area contributed by atoms with Gasteiger partial charge in [-0.05, 0) is 56.3 Å². The molecule has 1 aliphatic rings. The number of aromatic nitrogens is 3. The average Bonchev–Trinajstić information content (AvgIpc) is 3.16. The van der Waals surface area contributed by atoms with Gasteiger partial charge in [0.2, 0.25) is 0 Å². The van der Waals surface area contributed by atoms with Gasteiger partial charge in [0, 0.05) is 23.5 Å². The van der Waals surface area contributed by atoms with Crippen LogP contribution in [0, 0.1) is 5.82 Å². The number of nitrogens with zero attached hydrogens (tertiary/aromatic N) is 2. The molecular formula is C21H23FN4. The fourth-order valence-corrected chi connectivity index (χ4v) is 3.90. The maximum Gasteiger partial charge on any atom is 0.127 e. The number of hydrogen-bond donors (Lipinski definition) is 2. The van der Waals surface area contributed by atoms with E-state index in [2.05, 4.69) is 15.3 Å². The van der Waals surface area contributed by atoms with Crippen LogP contribution < -0.4 is 5.32 Å². The smallest absolute Gasteiger partial charge is 0.127 e. The largest absolute Gasteiger partial charge is 0.340 e. The molecule has 0 unspecified atom stereocenters. The van der Waals surface area contributed by atoms with Crippen molar-refractivity contribution in [1.29, 1.82) is 0 Å². The summed E-state index contributed by atoms with van der Waals surface area (Å²) >= 11 is 0. The molecule has 2 heterocycles. The molecular weight excluding hydrogens is 327 g/mol. The van der Waals surface area contributed by atoms with E-state index in [-0.39, 0.29) is 11.4 Å². The second-order valence-corrected chi connectivity index (χ2v) is 6.94. The molecule has 1 saturated carbocycles. The molecule has 0 bridgehead atoms. The fourth-order valence-electron chi connectivity index (χ4n) is 3.90. The molecule has 4 rings (SSSR count). The number of benzene rings is 1. The molecule has 3 aromatic rings. The van der Waals surface area contributed by atoms with Gasteiger partial charge in [0.05, 0.1) is 16.9 Å². The first kappa shape index (κ1) is 16.9. The van der Waals surface area contributed by atoms with Crippen LogP contribution in [0.5, 0.6) is 0 Å². The molecule has 0 saturated heterocycles. The maximum atomic E-state index is 13.4. The van der Waals surface area contributed by atoms with Gasteiger partial charge in [-0.2, -0.15) is 0 Å². The molecule has 5 heteroatoms. The van der Waals surface area contributed by atoms with Crippen LogP contribution in [-0.4, -0.2) is 22.0 Å². The molecule has 2 aromatic heterocycles. The Balaban J connectivity index is 1.86. The third-order valence-corrected chi connectivity index (χ3v) is 5.43. The molecule has 1 aromatic carbocycles. The molecule has 1 aliphatic carbocycles. The number of rotatable bonds is 4. The number of H-pyrrole nitrogens is 1. The SMILES string of the molecule is CNC1(c2nc(-c3ccc(F)cc3)c(-c3ccncc3)[nH]2)CCCCC1. The van der Waals surface area contributed by atoms with Crippen molar-refractivity contribution in [2.75, 3.05) is 7.05 Å². The first-order valence-electron chi connectivity index (χ1n) is 9.18. The minimum absolute atomic E-state index is 0.127. The molecule has 4 nitrogen and oxygen atoms in total. The predicted molar refractivity (Wildman–Crippen MR) is 101 cm³/mol. The Morgan fingerprint density at radius 3 is 2.31 bits per heavy atom. The first-order valence-corrected chi connectivity index (χ1v) is 9.18. The van der Waals surface area contributed by atoms with Crippen molar-refractivity contribution in [2.45, 2.75) is 37.6 Å². The highest BCUT2D eigenvalue weighted by Crippen LogP contribution is 2.39. The summed E-state index contributed by atoms with van der Waals surface area (Å²) in [5.74, 6) is 0.722. The third kappa shape index (κ3) is 3.03. The fraction of sp³-hybridized carbons (Fsp3) is 0.333. The predicted octanol–water partition coefficient (Wildman–Crippen LogP) is 4.66. The highest BCUT2D eigenvalue weighted by molar-refractivity contribution is 5.78. The van der Waals surface area contributed by atoms with E-state index in [1.807, 2.05) is 19.2 Å². The average molecular weight is 350 g/mol. The molecule has 0 aliphatic heterocycles. The van der Waals surface area contributed by atoms with Crippen molar-refractivity contribution < 1.29 is 4.39 Å². The topological polar surface area (TPSA) is 53.6 Å². The lowest BCUT2D eigenvalue weighted by Gasteiger charge is -2.35. The zero-order valence-corrected chi connectivity index (χ0v) is 14.9. The van der Waals surface area contributed by atoms with Crippen LogP contribution in [0.2, 0.25) is 0 Å². The van der Waals surface area contributed by atoms with Gasteiger partial charge in [-0.25, -0.2) is 9.37 Å². The van der Waals surface area contributed by atoms with Crippen LogP contribution in [0.25, 0.3) is 22.5 Å². The summed E-state index contributed by atoms with van der Waals surface area (Å²) in [5, 5.41) is 3.52. The molecule has 0 amide bonds. The van der Waals surface area contributed by atoms with E-state index in [1.165, 1.54) is 31.4 Å². The van der Waals surface area contributed by atoms with E-state index < -0.39 is 0 Å². The summed E-state index contributed by atoms with van der Waals surface area (Å²) in [5.41, 5.74) is 3.61. The van der Waals surface area contributed by atoms with Crippen molar-refractivity contribution in [1.82, 2.24) is 20.3 Å². The van der Waals surface area contributed by atoms with Gasteiger partial charge < -0.3 is 10.3 Å². The Morgan fingerprint density at radius 1 is 0.962 bits per heavy atom. The minimum atomic E-state index is -0.242. The number of pyridine rings is 1. The van der Waals surface area contributed by atoms with Crippen LogP contribution >= 0.6 is 0 Å². The molecule has 0 radical (unpaired) electrons. The van der Waals surface area contributed by atoms with Crippen molar-refractivity contribution >= 4 is 0 Å². The molecule has 26 heavy (non-hydrogen) atoms. The summed E-state index contributed by atoms with van der Waals surface area (Å²) < 4.78 is 13.4. The number of nitrogens with one attached hydrogen (secondary N) is 2. The molecule has 134 valence electrons. The number of hydrogen-bond acceptors (Lipinski definition) is 3. The van der Waals surface area contributed by atoms with E-state index in [1.54, 1.807) is 24.5 Å². The van der Waals surface area contributed by atoms with Crippen LogP contribution in [-0.2, 0) is 5.54 Å². The van der Waals surface area contributed by atoms with E-state index in [4.69, 9.17) is 4.98 Å². The summed E-state index contributed by atoms with van der Waals surface area (Å²) in [6.07, 6.45) is 9.34. The zero-order valence-electron chi connectivity index (χ0n) is 14.9. The van der Waals surface area contributed by atoms with Crippen molar-refractivity contribution in [3.63, 3.8) is 0 Å². The lowest BCUT2D eigenvalue weighted by molar-refractivity contribution is 0.238. The molecule has 0 atom stereocenters. The van der Waals surface area contributed by atoms with Gasteiger partial charge in [0.1, 0.15) is 11.6 Å². The van der Waals surface area contributed by atoms with Gasteiger partial charge in [-0.15, -0.1) is 0 Å². The summed E-state index contributed by atoms with van der Waals surface area (Å²) in [7, 11) is 2.01. The monoisotopic (exact) mass is 350 g/mol. The Kier molecular flexibility index (Phi) is 4.55. The quantitative estimate of drug-likeness (QED) is 0.720. The van der Waals surface area contributed by atoms with Gasteiger partial charge in [-0.1, -0.05) is 19.3 Å². The first-order chi connectivity index (χ1) is 12.7. The van der Waals surface area contributed by atoms with E-state index >= 15 is 0 Å². The van der Waals surface area contributed by atoms with Crippen molar-refractivity contribution in [3.8, 4) is 22.5 Å². The molecule has 2 N–H and O–H groups in total. The minimum Gasteiger partial charge on any atom is -0.340 e. The molecule has 0 spiro atoms. The highest BCUT2D eigenvalue weighted by atomic mass is 19.1. The third-order valence-electron chi connectivity index (χ3n) is 5.43. The summed E-state index contributed by atoms with van der Waals surface area (Å²) in [6, 6.07) is 10.5. The van der Waals surface area contributed by atoms with Crippen LogP contribution in [0.1, 0.15) is 37.9 Å². The van der Waals surface area contributed by atoms with Crippen molar-refractivity contribution in [2.24, 2.45) is 0 Å². The van der Waals surface area contributed by atoms with E-state index in [9.17, 15) is 4.39 Å². The standard InChI is InChI=1S/C21H23FN4/c1-23-21(11-3-2-4-12-21)20-25-18(15-5-7-17(22)8-6-15)19(26-20)16-9-13-24-14-10-16/h5-10,13-14,23H,2-4,11-12H2,1H3,(H,25,26). The Morgan fingerprint density at radius 2 is 1.65 bits per heavy atom. The van der Waals surface area contributed by atoms with Gasteiger partial charge in [-0.3, -0.25) is 4.98 Å². The van der Waals surface area contributed by atoms with Crippen molar-refractivity contribution in [3.05, 3.63) is 60.4 Å². The number of aromatic amines is 1. The second-order valence-electron chi connectivity index (χ2n) is 6.94. The van der Waals surface area contributed by atoms with Crippen LogP contribution in [0.3, 0.4) is 0 Å². The van der Waals surface area contributed by atoms with Gasteiger partial charge in [0.25, 0.3) is 0 Å². The zero-order chi connectivity index (χ0) is 18.0. The van der Waals surface area contributed by atoms with E-state index in [0.717, 1.165) is 41.2 Å². The van der Waals surface area contributed by atoms with Crippen LogP contribution in [0.4, 0.5) is 4.39 Å². The summed E-state index contributed by atoms with van der Waals surface area (Å²) in [4.78, 5) is 12.7.